The molecule has 1 amide bonds. The number of methoxy groups -OCH3 is 2. The van der Waals surface area contributed by atoms with Crippen LogP contribution in [0.2, 0.25) is 0 Å². The van der Waals surface area contributed by atoms with Crippen LogP contribution in [-0.4, -0.2) is 45.2 Å². The summed E-state index contributed by atoms with van der Waals surface area (Å²) in [5, 5.41) is 0.0717. The van der Waals surface area contributed by atoms with E-state index in [2.05, 4.69) is 11.0 Å². The van der Waals surface area contributed by atoms with Crippen LogP contribution >= 0.6 is 11.8 Å². The first-order valence-electron chi connectivity index (χ1n) is 8.84. The number of hydrogen-bond donors (Lipinski definition) is 0. The van der Waals surface area contributed by atoms with Gasteiger partial charge >= 0.3 is 0 Å². The van der Waals surface area contributed by atoms with Gasteiger partial charge in [0.05, 0.1) is 24.0 Å². The van der Waals surface area contributed by atoms with Crippen LogP contribution in [0.4, 0.5) is 0 Å². The van der Waals surface area contributed by atoms with Gasteiger partial charge in [0.25, 0.3) is 15.9 Å². The third kappa shape index (κ3) is 4.58. The highest BCUT2D eigenvalue weighted by Gasteiger charge is 2.34. The van der Waals surface area contributed by atoms with Gasteiger partial charge in [0.15, 0.2) is 5.17 Å². The van der Waals surface area contributed by atoms with Crippen molar-refractivity contribution in [2.45, 2.75) is 4.90 Å². The van der Waals surface area contributed by atoms with Gasteiger partial charge in [-0.3, -0.25) is 9.69 Å². The number of amides is 1. The fourth-order valence-electron chi connectivity index (χ4n) is 2.69. The molecule has 3 rings (SSSR count). The second-order valence-electron chi connectivity index (χ2n) is 6.08. The molecule has 9 heteroatoms. The number of ether oxygens (including phenoxy) is 2. The number of carbonyl (C=O) groups is 1. The fraction of sp³-hybridized carbons (Fsp3) is 0.143. The van der Waals surface area contributed by atoms with Gasteiger partial charge in [0.2, 0.25) is 0 Å². The Hall–Kier alpha value is -3.04. The molecule has 1 fully saturated rings. The van der Waals surface area contributed by atoms with Crippen LogP contribution in [0.5, 0.6) is 11.5 Å². The average molecular weight is 445 g/mol. The third-order valence-corrected chi connectivity index (χ3v) is 6.57. The van der Waals surface area contributed by atoms with Crippen LogP contribution in [0.3, 0.4) is 0 Å². The second kappa shape index (κ2) is 9.19. The molecule has 0 radical (unpaired) electrons. The Bertz CT molecular complexity index is 1130. The summed E-state index contributed by atoms with van der Waals surface area (Å²) in [4.78, 5) is 14.6. The first-order chi connectivity index (χ1) is 14.4. The lowest BCUT2D eigenvalue weighted by Crippen LogP contribution is -2.29. The SMILES string of the molecule is C=CCN1C(=O)/C(=C/c2ccc(OC)cc2OC)SC1=NS(=O)(=O)c1ccccc1. The minimum Gasteiger partial charge on any atom is -0.497 e. The summed E-state index contributed by atoms with van der Waals surface area (Å²) in [6.45, 7) is 3.77. The lowest BCUT2D eigenvalue weighted by molar-refractivity contribution is -0.121. The van der Waals surface area contributed by atoms with Crippen molar-refractivity contribution in [3.63, 3.8) is 0 Å². The van der Waals surface area contributed by atoms with Gasteiger partial charge in [-0.05, 0) is 42.1 Å². The summed E-state index contributed by atoms with van der Waals surface area (Å²) in [6.07, 6.45) is 3.15. The number of hydrogen-bond acceptors (Lipinski definition) is 6. The number of thioether (sulfide) groups is 1. The zero-order chi connectivity index (χ0) is 21.7. The van der Waals surface area contributed by atoms with Crippen LogP contribution in [0.25, 0.3) is 6.08 Å². The molecule has 1 saturated heterocycles. The molecule has 7 nitrogen and oxygen atoms in total. The minimum absolute atomic E-state index is 0.0540. The summed E-state index contributed by atoms with van der Waals surface area (Å²) in [7, 11) is -0.900. The Kier molecular flexibility index (Phi) is 6.63. The van der Waals surface area contributed by atoms with E-state index in [1.165, 1.54) is 30.2 Å². The largest absolute Gasteiger partial charge is 0.497 e. The maximum Gasteiger partial charge on any atom is 0.284 e. The van der Waals surface area contributed by atoms with Crippen molar-refractivity contribution in [3.8, 4) is 11.5 Å². The van der Waals surface area contributed by atoms with Gasteiger partial charge in [-0.15, -0.1) is 11.0 Å². The summed E-state index contributed by atoms with van der Waals surface area (Å²) in [5.74, 6) is 0.775. The van der Waals surface area contributed by atoms with E-state index in [0.717, 1.165) is 11.8 Å². The molecule has 0 atom stereocenters. The normalized spacial score (nSPS) is 16.9. The molecule has 0 aromatic heterocycles. The molecular formula is C21H20N2O5S2. The van der Waals surface area contributed by atoms with Crippen molar-refractivity contribution in [1.82, 2.24) is 4.90 Å². The monoisotopic (exact) mass is 444 g/mol. The fourth-order valence-corrected chi connectivity index (χ4v) is 4.89. The highest BCUT2D eigenvalue weighted by atomic mass is 32.2. The smallest absolute Gasteiger partial charge is 0.284 e. The quantitative estimate of drug-likeness (QED) is 0.480. The van der Waals surface area contributed by atoms with E-state index < -0.39 is 10.0 Å². The van der Waals surface area contributed by atoms with E-state index in [0.29, 0.717) is 22.0 Å². The molecule has 2 aromatic carbocycles. The van der Waals surface area contributed by atoms with Crippen LogP contribution in [-0.2, 0) is 14.8 Å². The Balaban J connectivity index is 2.01. The predicted octanol–water partition coefficient (Wildman–Crippen LogP) is 3.55. The minimum atomic E-state index is -3.97. The number of sulfonamides is 1. The van der Waals surface area contributed by atoms with E-state index in [1.54, 1.807) is 49.6 Å². The molecule has 0 saturated carbocycles. The van der Waals surface area contributed by atoms with E-state index >= 15 is 0 Å². The maximum absolute atomic E-state index is 12.9. The molecule has 30 heavy (non-hydrogen) atoms. The van der Waals surface area contributed by atoms with Crippen molar-refractivity contribution in [1.29, 1.82) is 0 Å². The third-order valence-electron chi connectivity index (χ3n) is 4.17. The molecule has 0 N–H and O–H groups in total. The Morgan fingerprint density at radius 2 is 1.87 bits per heavy atom. The van der Waals surface area contributed by atoms with Gasteiger partial charge in [-0.25, -0.2) is 0 Å². The number of amidine groups is 1. The van der Waals surface area contributed by atoms with Crippen molar-refractivity contribution in [2.75, 3.05) is 20.8 Å². The van der Waals surface area contributed by atoms with Gasteiger partial charge in [0, 0.05) is 18.2 Å². The molecule has 1 aliphatic rings. The number of benzene rings is 2. The van der Waals surface area contributed by atoms with Crippen LogP contribution in [0.1, 0.15) is 5.56 Å². The number of rotatable bonds is 7. The number of carbonyl (C=O) groups excluding carboxylic acids is 1. The molecule has 0 bridgehead atoms. The molecule has 156 valence electrons. The average Bonchev–Trinajstić information content (AvgIpc) is 3.03. The van der Waals surface area contributed by atoms with E-state index in [4.69, 9.17) is 9.47 Å². The lowest BCUT2D eigenvalue weighted by Gasteiger charge is -2.12. The standard InChI is InChI=1S/C21H20N2O5S2/c1-4-12-23-20(24)19(13-15-10-11-16(27-2)14-18(15)28-3)29-21(23)22-30(25,26)17-8-6-5-7-9-17/h4-11,13-14H,1,12H2,2-3H3/b19-13-,22-21?. The van der Waals surface area contributed by atoms with Gasteiger partial charge in [-0.2, -0.15) is 8.42 Å². The highest BCUT2D eigenvalue weighted by Crippen LogP contribution is 2.36. The molecular weight excluding hydrogens is 424 g/mol. The topological polar surface area (TPSA) is 85.3 Å². The van der Waals surface area contributed by atoms with E-state index in [-0.39, 0.29) is 22.5 Å². The second-order valence-corrected chi connectivity index (χ2v) is 8.70. The molecule has 0 aliphatic carbocycles. The first-order valence-corrected chi connectivity index (χ1v) is 11.1. The van der Waals surface area contributed by atoms with Crippen LogP contribution < -0.4 is 9.47 Å². The summed E-state index contributed by atoms with van der Waals surface area (Å²) in [6, 6.07) is 13.1. The Labute approximate surface area is 179 Å². The molecule has 1 aliphatic heterocycles. The van der Waals surface area contributed by atoms with Gasteiger partial charge in [0.1, 0.15) is 11.5 Å². The molecule has 1 heterocycles. The number of nitrogens with zero attached hydrogens (tertiary/aromatic N) is 2. The van der Waals surface area contributed by atoms with Crippen molar-refractivity contribution in [3.05, 3.63) is 71.7 Å². The maximum atomic E-state index is 12.9. The molecule has 0 spiro atoms. The van der Waals surface area contributed by atoms with Gasteiger partial charge < -0.3 is 9.47 Å². The lowest BCUT2D eigenvalue weighted by atomic mass is 10.1. The zero-order valence-corrected chi connectivity index (χ0v) is 18.1. The van der Waals surface area contributed by atoms with Crippen molar-refractivity contribution in [2.24, 2.45) is 4.40 Å². The zero-order valence-electron chi connectivity index (χ0n) is 16.4. The Morgan fingerprint density at radius 1 is 1.13 bits per heavy atom. The highest BCUT2D eigenvalue weighted by molar-refractivity contribution is 8.19. The predicted molar refractivity (Wildman–Crippen MR) is 118 cm³/mol. The Morgan fingerprint density at radius 3 is 2.50 bits per heavy atom. The van der Waals surface area contributed by atoms with Gasteiger partial charge in [-0.1, -0.05) is 24.3 Å². The molecule has 0 unspecified atom stereocenters. The van der Waals surface area contributed by atoms with Crippen LogP contribution in [0.15, 0.2) is 75.4 Å². The van der Waals surface area contributed by atoms with Crippen LogP contribution in [0, 0.1) is 0 Å². The summed E-state index contributed by atoms with van der Waals surface area (Å²) < 4.78 is 39.8. The molecule has 2 aromatic rings. The van der Waals surface area contributed by atoms with Crippen molar-refractivity contribution >= 4 is 38.9 Å². The van der Waals surface area contributed by atoms with Crippen molar-refractivity contribution < 1.29 is 22.7 Å². The summed E-state index contributed by atoms with van der Waals surface area (Å²) >= 11 is 0.986. The van der Waals surface area contributed by atoms with E-state index in [9.17, 15) is 13.2 Å². The first kappa shape index (κ1) is 21.7. The summed E-state index contributed by atoms with van der Waals surface area (Å²) in [5.41, 5.74) is 0.653. The van der Waals surface area contributed by atoms with E-state index in [1.807, 2.05) is 0 Å².